The van der Waals surface area contributed by atoms with Crippen molar-refractivity contribution in [3.8, 4) is 11.5 Å². The lowest BCUT2D eigenvalue weighted by molar-refractivity contribution is -0.121. The van der Waals surface area contributed by atoms with Crippen molar-refractivity contribution in [2.45, 2.75) is 12.8 Å². The summed E-state index contributed by atoms with van der Waals surface area (Å²) in [5, 5.41) is 2.88. The number of carbonyl (C=O) groups is 3. The molecule has 152 valence electrons. The Bertz CT molecular complexity index is 1290. The molecule has 0 radical (unpaired) electrons. The molecule has 1 aliphatic rings. The summed E-state index contributed by atoms with van der Waals surface area (Å²) in [6.07, 6.45) is 0.375. The number of hydrogen-bond donors (Lipinski definition) is 1. The molecule has 7 nitrogen and oxygen atoms in total. The van der Waals surface area contributed by atoms with Gasteiger partial charge in [-0.2, -0.15) is 0 Å². The highest BCUT2D eigenvalue weighted by Gasteiger charge is 2.30. The molecule has 0 unspecified atom stereocenters. The zero-order chi connectivity index (χ0) is 21.4. The molecule has 1 fully saturated rings. The number of fused-ring (bicyclic) bond motifs is 1. The van der Waals surface area contributed by atoms with E-state index < -0.39 is 0 Å². The van der Waals surface area contributed by atoms with Crippen molar-refractivity contribution in [3.63, 3.8) is 0 Å². The van der Waals surface area contributed by atoms with Crippen LogP contribution in [0.5, 0.6) is 0 Å². The number of amides is 3. The Morgan fingerprint density at radius 1 is 0.903 bits per heavy atom. The third-order valence-corrected chi connectivity index (χ3v) is 5.12. The van der Waals surface area contributed by atoms with Crippen LogP contribution in [-0.2, 0) is 9.59 Å². The number of para-hydroxylation sites is 3. The lowest BCUT2D eigenvalue weighted by Gasteiger charge is -2.15. The number of benzene rings is 3. The van der Waals surface area contributed by atoms with E-state index in [1.807, 2.05) is 36.4 Å². The summed E-state index contributed by atoms with van der Waals surface area (Å²) >= 11 is 0. The maximum absolute atomic E-state index is 12.9. The monoisotopic (exact) mass is 411 g/mol. The molecular weight excluding hydrogens is 394 g/mol. The van der Waals surface area contributed by atoms with Crippen molar-refractivity contribution in [1.82, 2.24) is 4.98 Å². The minimum atomic E-state index is -0.371. The summed E-state index contributed by atoms with van der Waals surface area (Å²) in [6.45, 7) is 0. The lowest BCUT2D eigenvalue weighted by Crippen LogP contribution is -2.28. The predicted molar refractivity (Wildman–Crippen MR) is 116 cm³/mol. The third kappa shape index (κ3) is 3.46. The summed E-state index contributed by atoms with van der Waals surface area (Å²) in [4.78, 5) is 42.6. The molecule has 0 spiro atoms. The quantitative estimate of drug-likeness (QED) is 0.503. The molecule has 3 amide bonds. The SMILES string of the molecule is O=C(Nc1ccccc1-c1nc2ccccc2o1)c1cccc(N2C(=O)CCC2=O)c1. The number of imide groups is 1. The van der Waals surface area contributed by atoms with Gasteiger partial charge < -0.3 is 9.73 Å². The van der Waals surface area contributed by atoms with Gasteiger partial charge in [0.1, 0.15) is 5.52 Å². The van der Waals surface area contributed by atoms with Crippen LogP contribution >= 0.6 is 0 Å². The van der Waals surface area contributed by atoms with Gasteiger partial charge in [-0.25, -0.2) is 4.98 Å². The Morgan fingerprint density at radius 3 is 2.45 bits per heavy atom. The van der Waals surface area contributed by atoms with Crippen LogP contribution in [0.1, 0.15) is 23.2 Å². The standard InChI is InChI=1S/C24H17N3O4/c28-21-12-13-22(29)27(21)16-7-5-6-15(14-16)23(30)25-18-9-2-1-8-17(18)24-26-19-10-3-4-11-20(19)31-24/h1-11,14H,12-13H2,(H,25,30). The fraction of sp³-hybridized carbons (Fsp3) is 0.0833. The molecule has 1 aromatic heterocycles. The number of rotatable bonds is 4. The molecule has 7 heteroatoms. The Kier molecular flexibility index (Phi) is 4.55. The molecule has 31 heavy (non-hydrogen) atoms. The largest absolute Gasteiger partial charge is 0.436 e. The molecule has 0 saturated carbocycles. The first-order chi connectivity index (χ1) is 15.1. The van der Waals surface area contributed by atoms with Gasteiger partial charge in [0.15, 0.2) is 5.58 Å². The zero-order valence-corrected chi connectivity index (χ0v) is 16.4. The Morgan fingerprint density at radius 2 is 1.65 bits per heavy atom. The van der Waals surface area contributed by atoms with Crippen molar-refractivity contribution in [2.75, 3.05) is 10.2 Å². The summed E-state index contributed by atoms with van der Waals surface area (Å²) in [5.41, 5.74) is 3.30. The van der Waals surface area contributed by atoms with Gasteiger partial charge in [0.05, 0.1) is 16.9 Å². The van der Waals surface area contributed by atoms with Gasteiger partial charge in [0.2, 0.25) is 17.7 Å². The van der Waals surface area contributed by atoms with E-state index in [9.17, 15) is 14.4 Å². The maximum Gasteiger partial charge on any atom is 0.255 e. The van der Waals surface area contributed by atoms with Crippen LogP contribution in [0.4, 0.5) is 11.4 Å². The van der Waals surface area contributed by atoms with Gasteiger partial charge in [0.25, 0.3) is 5.91 Å². The first-order valence-electron chi connectivity index (χ1n) is 9.82. The number of nitrogens with one attached hydrogen (secondary N) is 1. The number of carbonyl (C=O) groups excluding carboxylic acids is 3. The number of nitrogens with zero attached hydrogens (tertiary/aromatic N) is 2. The van der Waals surface area contributed by atoms with Crippen molar-refractivity contribution < 1.29 is 18.8 Å². The second kappa shape index (κ2) is 7.53. The fourth-order valence-electron chi connectivity index (χ4n) is 3.61. The molecule has 4 aromatic rings. The van der Waals surface area contributed by atoms with Gasteiger partial charge in [-0.3, -0.25) is 19.3 Å². The van der Waals surface area contributed by atoms with E-state index in [0.717, 1.165) is 10.4 Å². The van der Waals surface area contributed by atoms with E-state index in [0.29, 0.717) is 34.0 Å². The highest BCUT2D eigenvalue weighted by atomic mass is 16.3. The molecule has 1 aliphatic heterocycles. The molecule has 0 atom stereocenters. The first kappa shape index (κ1) is 18.7. The van der Waals surface area contributed by atoms with E-state index in [-0.39, 0.29) is 30.6 Å². The Hall–Kier alpha value is -4.26. The van der Waals surface area contributed by atoms with Crippen LogP contribution in [0.25, 0.3) is 22.6 Å². The second-order valence-electron chi connectivity index (χ2n) is 7.16. The lowest BCUT2D eigenvalue weighted by atomic mass is 10.1. The zero-order valence-electron chi connectivity index (χ0n) is 16.4. The first-order valence-corrected chi connectivity index (χ1v) is 9.82. The summed E-state index contributed by atoms with van der Waals surface area (Å²) in [5.74, 6) is -0.489. The van der Waals surface area contributed by atoms with Crippen molar-refractivity contribution in [1.29, 1.82) is 0 Å². The Balaban J connectivity index is 1.45. The van der Waals surface area contributed by atoms with Crippen molar-refractivity contribution >= 4 is 40.2 Å². The van der Waals surface area contributed by atoms with Gasteiger partial charge in [-0.1, -0.05) is 30.3 Å². The minimum absolute atomic E-state index is 0.188. The summed E-state index contributed by atoms with van der Waals surface area (Å²) in [6, 6.07) is 21.1. The van der Waals surface area contributed by atoms with Gasteiger partial charge >= 0.3 is 0 Å². The van der Waals surface area contributed by atoms with Crippen LogP contribution in [0.3, 0.4) is 0 Å². The molecule has 5 rings (SSSR count). The average molecular weight is 411 g/mol. The number of hydrogen-bond acceptors (Lipinski definition) is 5. The minimum Gasteiger partial charge on any atom is -0.436 e. The van der Waals surface area contributed by atoms with Crippen LogP contribution in [0.15, 0.2) is 77.2 Å². The predicted octanol–water partition coefficient (Wildman–Crippen LogP) is 4.40. The normalized spacial score (nSPS) is 13.7. The topological polar surface area (TPSA) is 92.5 Å². The van der Waals surface area contributed by atoms with Gasteiger partial charge in [-0.15, -0.1) is 0 Å². The van der Waals surface area contributed by atoms with Crippen LogP contribution in [0.2, 0.25) is 0 Å². The maximum atomic E-state index is 12.9. The van der Waals surface area contributed by atoms with Crippen LogP contribution in [0, 0.1) is 0 Å². The van der Waals surface area contributed by atoms with Crippen molar-refractivity contribution in [3.05, 3.63) is 78.4 Å². The van der Waals surface area contributed by atoms with Gasteiger partial charge in [0, 0.05) is 18.4 Å². The number of oxazole rings is 1. The van der Waals surface area contributed by atoms with E-state index in [4.69, 9.17) is 4.42 Å². The van der Waals surface area contributed by atoms with E-state index in [1.165, 1.54) is 0 Å². The highest BCUT2D eigenvalue weighted by molar-refractivity contribution is 6.20. The number of anilines is 2. The molecule has 0 aliphatic carbocycles. The summed E-state index contributed by atoms with van der Waals surface area (Å²) in [7, 11) is 0. The molecular formula is C24H17N3O4. The van der Waals surface area contributed by atoms with Crippen LogP contribution in [-0.4, -0.2) is 22.7 Å². The van der Waals surface area contributed by atoms with E-state index >= 15 is 0 Å². The second-order valence-corrected chi connectivity index (χ2v) is 7.16. The summed E-state index contributed by atoms with van der Waals surface area (Å²) < 4.78 is 5.85. The molecule has 3 aromatic carbocycles. The van der Waals surface area contributed by atoms with E-state index in [1.54, 1.807) is 36.4 Å². The molecule has 1 saturated heterocycles. The number of aromatic nitrogens is 1. The fourth-order valence-corrected chi connectivity index (χ4v) is 3.61. The smallest absolute Gasteiger partial charge is 0.255 e. The highest BCUT2D eigenvalue weighted by Crippen LogP contribution is 2.31. The van der Waals surface area contributed by atoms with Crippen molar-refractivity contribution in [2.24, 2.45) is 0 Å². The third-order valence-electron chi connectivity index (χ3n) is 5.12. The Labute approximate surface area is 177 Å². The average Bonchev–Trinajstić information content (AvgIpc) is 3.37. The van der Waals surface area contributed by atoms with E-state index in [2.05, 4.69) is 10.3 Å². The molecule has 2 heterocycles. The molecule has 1 N–H and O–H groups in total. The molecule has 0 bridgehead atoms. The van der Waals surface area contributed by atoms with Crippen LogP contribution < -0.4 is 10.2 Å². The van der Waals surface area contributed by atoms with Gasteiger partial charge in [-0.05, 0) is 42.5 Å².